The number of halogens is 1. The Balaban J connectivity index is 1.23. The highest BCUT2D eigenvalue weighted by atomic mass is 35.5. The van der Waals surface area contributed by atoms with Crippen LogP contribution in [0.25, 0.3) is 0 Å². The molecule has 2 unspecified atom stereocenters. The number of nitrogens with zero attached hydrogens (tertiary/aromatic N) is 2. The molecule has 0 radical (unpaired) electrons. The fourth-order valence-electron chi connectivity index (χ4n) is 4.68. The molecule has 1 aromatic rings. The molecule has 2 saturated heterocycles. The zero-order valence-corrected chi connectivity index (χ0v) is 18.6. The van der Waals surface area contributed by atoms with Gasteiger partial charge in [-0.05, 0) is 45.7 Å². The third-order valence-electron chi connectivity index (χ3n) is 5.99. The second-order valence-electron chi connectivity index (χ2n) is 8.72. The smallest absolute Gasteiger partial charge is 0.238 e. The normalized spacial score (nSPS) is 25.8. The molecule has 4 rings (SSSR count). The number of ether oxygens (including phenoxy) is 3. The number of nitrogens with one attached hydrogen (secondary N) is 1. The first-order chi connectivity index (χ1) is 14.5. The van der Waals surface area contributed by atoms with Gasteiger partial charge >= 0.3 is 0 Å². The molecule has 1 N–H and O–H groups in total. The van der Waals surface area contributed by atoms with E-state index in [1.54, 1.807) is 12.1 Å². The van der Waals surface area contributed by atoms with E-state index in [4.69, 9.17) is 25.8 Å². The lowest BCUT2D eigenvalue weighted by Crippen LogP contribution is -2.48. The number of benzene rings is 1. The van der Waals surface area contributed by atoms with E-state index in [0.29, 0.717) is 60.1 Å². The topological polar surface area (TPSA) is 63.3 Å². The number of anilines is 1. The zero-order chi connectivity index (χ0) is 21.1. The molecule has 0 saturated carbocycles. The first-order valence-electron chi connectivity index (χ1n) is 11.0. The molecule has 1 amide bonds. The summed E-state index contributed by atoms with van der Waals surface area (Å²) < 4.78 is 16.9. The van der Waals surface area contributed by atoms with Crippen LogP contribution in [0.4, 0.5) is 5.69 Å². The summed E-state index contributed by atoms with van der Waals surface area (Å²) in [5.41, 5.74) is 0.566. The van der Waals surface area contributed by atoms with Gasteiger partial charge in [0.1, 0.15) is 13.2 Å². The largest absolute Gasteiger partial charge is 0.486 e. The molecule has 7 nitrogen and oxygen atoms in total. The quantitative estimate of drug-likeness (QED) is 0.764. The van der Waals surface area contributed by atoms with Crippen LogP contribution < -0.4 is 14.8 Å². The molecule has 0 aliphatic carbocycles. The third-order valence-corrected chi connectivity index (χ3v) is 6.30. The Labute approximate surface area is 183 Å². The predicted molar refractivity (Wildman–Crippen MR) is 117 cm³/mol. The number of morpholine rings is 1. The minimum Gasteiger partial charge on any atom is -0.486 e. The standard InChI is InChI=1S/C22H32ClN3O4/c1-15-11-26(12-16(2)30-15)13-17-3-5-25(6-4-17)14-22(27)24-19-10-21-20(9-18(19)23)28-7-8-29-21/h9-10,15-17H,3-8,11-14H2,1-2H3,(H,24,27). The molecule has 30 heavy (non-hydrogen) atoms. The van der Waals surface area contributed by atoms with Gasteiger partial charge in [0.25, 0.3) is 0 Å². The second-order valence-corrected chi connectivity index (χ2v) is 9.13. The monoisotopic (exact) mass is 437 g/mol. The highest BCUT2D eigenvalue weighted by Gasteiger charge is 2.27. The van der Waals surface area contributed by atoms with Crippen molar-refractivity contribution in [3.05, 3.63) is 17.2 Å². The number of fused-ring (bicyclic) bond motifs is 1. The average molecular weight is 438 g/mol. The molecule has 0 aromatic heterocycles. The molecule has 3 aliphatic heterocycles. The summed E-state index contributed by atoms with van der Waals surface area (Å²) >= 11 is 6.30. The first kappa shape index (κ1) is 21.7. The summed E-state index contributed by atoms with van der Waals surface area (Å²) in [7, 11) is 0. The van der Waals surface area contributed by atoms with Crippen LogP contribution in [0.5, 0.6) is 11.5 Å². The third kappa shape index (κ3) is 5.58. The Morgan fingerprint density at radius 1 is 1.07 bits per heavy atom. The van der Waals surface area contributed by atoms with E-state index in [9.17, 15) is 4.79 Å². The molecular formula is C22H32ClN3O4. The Kier molecular flexibility index (Phi) is 7.03. The van der Waals surface area contributed by atoms with E-state index in [2.05, 4.69) is 29.0 Å². The highest BCUT2D eigenvalue weighted by Crippen LogP contribution is 2.38. The summed E-state index contributed by atoms with van der Waals surface area (Å²) in [6.45, 7) is 10.7. The number of hydrogen-bond acceptors (Lipinski definition) is 6. The van der Waals surface area contributed by atoms with Crippen molar-refractivity contribution in [2.75, 3.05) is 57.8 Å². The van der Waals surface area contributed by atoms with E-state index in [0.717, 1.165) is 45.6 Å². The molecule has 1 aromatic carbocycles. The number of hydrogen-bond donors (Lipinski definition) is 1. The van der Waals surface area contributed by atoms with Gasteiger partial charge in [-0.3, -0.25) is 14.6 Å². The fourth-order valence-corrected chi connectivity index (χ4v) is 4.88. The fraction of sp³-hybridized carbons (Fsp3) is 0.682. The van der Waals surface area contributed by atoms with Crippen molar-refractivity contribution in [3.8, 4) is 11.5 Å². The SMILES string of the molecule is CC1CN(CC2CCN(CC(=O)Nc3cc4c(cc3Cl)OCCO4)CC2)CC(C)O1. The molecular weight excluding hydrogens is 406 g/mol. The molecule has 0 bridgehead atoms. The Bertz CT molecular complexity index is 744. The van der Waals surface area contributed by atoms with E-state index in [1.165, 1.54) is 0 Å². The van der Waals surface area contributed by atoms with Crippen LogP contribution in [0.15, 0.2) is 12.1 Å². The van der Waals surface area contributed by atoms with Gasteiger partial charge in [0.05, 0.1) is 29.5 Å². The number of rotatable bonds is 5. The molecule has 2 atom stereocenters. The van der Waals surface area contributed by atoms with E-state index < -0.39 is 0 Å². The van der Waals surface area contributed by atoms with E-state index >= 15 is 0 Å². The van der Waals surface area contributed by atoms with Gasteiger partial charge in [0, 0.05) is 31.8 Å². The van der Waals surface area contributed by atoms with Crippen molar-refractivity contribution in [2.45, 2.75) is 38.9 Å². The maximum atomic E-state index is 12.6. The van der Waals surface area contributed by atoms with Gasteiger partial charge in [-0.1, -0.05) is 11.6 Å². The minimum absolute atomic E-state index is 0.0529. The summed E-state index contributed by atoms with van der Waals surface area (Å²) in [6, 6.07) is 3.44. The van der Waals surface area contributed by atoms with E-state index in [1.807, 2.05) is 0 Å². The van der Waals surface area contributed by atoms with Crippen LogP contribution in [-0.4, -0.2) is 80.4 Å². The van der Waals surface area contributed by atoms with Crippen LogP contribution in [-0.2, 0) is 9.53 Å². The van der Waals surface area contributed by atoms with Crippen LogP contribution in [0.2, 0.25) is 5.02 Å². The van der Waals surface area contributed by atoms with Gasteiger partial charge in [0.2, 0.25) is 5.91 Å². The van der Waals surface area contributed by atoms with Crippen molar-refractivity contribution in [1.82, 2.24) is 9.80 Å². The molecule has 8 heteroatoms. The highest BCUT2D eigenvalue weighted by molar-refractivity contribution is 6.34. The number of piperidine rings is 1. The van der Waals surface area contributed by atoms with Gasteiger partial charge in [-0.25, -0.2) is 0 Å². The van der Waals surface area contributed by atoms with Crippen LogP contribution in [0.3, 0.4) is 0 Å². The van der Waals surface area contributed by atoms with E-state index in [-0.39, 0.29) is 5.91 Å². The van der Waals surface area contributed by atoms with Crippen molar-refractivity contribution in [2.24, 2.45) is 5.92 Å². The van der Waals surface area contributed by atoms with Crippen molar-refractivity contribution < 1.29 is 19.0 Å². The Morgan fingerprint density at radius 3 is 2.37 bits per heavy atom. The number of carbonyl (C=O) groups excluding carboxylic acids is 1. The molecule has 3 heterocycles. The predicted octanol–water partition coefficient (Wildman–Crippen LogP) is 2.87. The molecule has 2 fully saturated rings. The minimum atomic E-state index is -0.0529. The lowest BCUT2D eigenvalue weighted by Gasteiger charge is -2.39. The van der Waals surface area contributed by atoms with Crippen LogP contribution in [0.1, 0.15) is 26.7 Å². The van der Waals surface area contributed by atoms with Crippen molar-refractivity contribution in [1.29, 1.82) is 0 Å². The maximum Gasteiger partial charge on any atom is 0.238 e. The number of amides is 1. The molecule has 0 spiro atoms. The van der Waals surface area contributed by atoms with Gasteiger partial charge < -0.3 is 19.5 Å². The number of carbonyl (C=O) groups is 1. The zero-order valence-electron chi connectivity index (χ0n) is 17.9. The number of likely N-dealkylation sites (tertiary alicyclic amines) is 1. The molecule has 166 valence electrons. The summed E-state index contributed by atoms with van der Waals surface area (Å²) in [6.07, 6.45) is 2.87. The van der Waals surface area contributed by atoms with Crippen LogP contribution in [0, 0.1) is 5.92 Å². The lowest BCUT2D eigenvalue weighted by atomic mass is 9.95. The summed E-state index contributed by atoms with van der Waals surface area (Å²) in [5, 5.41) is 3.38. The van der Waals surface area contributed by atoms with Gasteiger partial charge in [0.15, 0.2) is 11.5 Å². The van der Waals surface area contributed by atoms with Gasteiger partial charge in [-0.15, -0.1) is 0 Å². The summed E-state index contributed by atoms with van der Waals surface area (Å²) in [5.74, 6) is 1.88. The Morgan fingerprint density at radius 2 is 1.70 bits per heavy atom. The Hall–Kier alpha value is -1.54. The van der Waals surface area contributed by atoms with Crippen molar-refractivity contribution >= 4 is 23.2 Å². The second kappa shape index (κ2) is 9.73. The van der Waals surface area contributed by atoms with Crippen LogP contribution >= 0.6 is 11.6 Å². The van der Waals surface area contributed by atoms with Crippen molar-refractivity contribution in [3.63, 3.8) is 0 Å². The van der Waals surface area contributed by atoms with Gasteiger partial charge in [-0.2, -0.15) is 0 Å². The average Bonchev–Trinajstić information content (AvgIpc) is 2.69. The lowest BCUT2D eigenvalue weighted by molar-refractivity contribution is -0.117. The first-order valence-corrected chi connectivity index (χ1v) is 11.3. The molecule has 3 aliphatic rings. The maximum absolute atomic E-state index is 12.6. The summed E-state index contributed by atoms with van der Waals surface area (Å²) in [4.78, 5) is 17.3.